The molecule has 4 heteroatoms. The summed E-state index contributed by atoms with van der Waals surface area (Å²) >= 11 is 0. The standard InChI is InChI=1S/C15H21NO3/c1-16(12-6-8-14(17)9-7-12)13-5-3-4-11(10-13)15(18)19-2/h3-5,10,12,14,17H,6-9H2,1-2H3. The summed E-state index contributed by atoms with van der Waals surface area (Å²) in [7, 11) is 3.43. The van der Waals surface area contributed by atoms with Crippen LogP contribution in [0, 0.1) is 0 Å². The van der Waals surface area contributed by atoms with E-state index in [0.717, 1.165) is 31.4 Å². The van der Waals surface area contributed by atoms with Crippen LogP contribution in [0.15, 0.2) is 24.3 Å². The summed E-state index contributed by atoms with van der Waals surface area (Å²) in [6.45, 7) is 0. The van der Waals surface area contributed by atoms with Crippen molar-refractivity contribution in [2.45, 2.75) is 37.8 Å². The number of aliphatic hydroxyl groups is 1. The molecule has 1 saturated carbocycles. The lowest BCUT2D eigenvalue weighted by atomic mass is 9.92. The van der Waals surface area contributed by atoms with Crippen LogP contribution in [0.3, 0.4) is 0 Å². The lowest BCUT2D eigenvalue weighted by molar-refractivity contribution is 0.0601. The highest BCUT2D eigenvalue weighted by molar-refractivity contribution is 5.90. The summed E-state index contributed by atoms with van der Waals surface area (Å²) in [4.78, 5) is 13.7. The van der Waals surface area contributed by atoms with Gasteiger partial charge < -0.3 is 14.7 Å². The third-order valence-electron chi connectivity index (χ3n) is 3.89. The largest absolute Gasteiger partial charge is 0.465 e. The van der Waals surface area contributed by atoms with Crippen LogP contribution in [-0.2, 0) is 4.74 Å². The normalized spacial score (nSPS) is 22.9. The van der Waals surface area contributed by atoms with Gasteiger partial charge in [-0.3, -0.25) is 0 Å². The molecule has 0 unspecified atom stereocenters. The van der Waals surface area contributed by atoms with Crippen molar-refractivity contribution in [2.24, 2.45) is 0 Å². The molecule has 2 rings (SSSR count). The summed E-state index contributed by atoms with van der Waals surface area (Å²) in [6, 6.07) is 7.91. The first-order valence-electron chi connectivity index (χ1n) is 6.71. The second-order valence-corrected chi connectivity index (χ2v) is 5.12. The Balaban J connectivity index is 2.10. The van der Waals surface area contributed by atoms with Gasteiger partial charge in [-0.15, -0.1) is 0 Å². The van der Waals surface area contributed by atoms with Crippen molar-refractivity contribution in [2.75, 3.05) is 19.1 Å². The molecule has 1 N–H and O–H groups in total. The molecule has 1 aliphatic carbocycles. The van der Waals surface area contributed by atoms with E-state index in [4.69, 9.17) is 4.74 Å². The number of nitrogens with zero attached hydrogens (tertiary/aromatic N) is 1. The van der Waals surface area contributed by atoms with Gasteiger partial charge in [-0.25, -0.2) is 4.79 Å². The van der Waals surface area contributed by atoms with Gasteiger partial charge in [0.15, 0.2) is 0 Å². The predicted octanol–water partition coefficient (Wildman–Crippen LogP) is 2.21. The maximum absolute atomic E-state index is 11.5. The van der Waals surface area contributed by atoms with E-state index >= 15 is 0 Å². The molecule has 0 atom stereocenters. The molecule has 0 saturated heterocycles. The van der Waals surface area contributed by atoms with Gasteiger partial charge in [0.05, 0.1) is 18.8 Å². The Morgan fingerprint density at radius 3 is 2.63 bits per heavy atom. The van der Waals surface area contributed by atoms with E-state index in [2.05, 4.69) is 4.90 Å². The second-order valence-electron chi connectivity index (χ2n) is 5.12. The molecule has 0 spiro atoms. The van der Waals surface area contributed by atoms with Gasteiger partial charge >= 0.3 is 5.97 Å². The number of carbonyl (C=O) groups is 1. The van der Waals surface area contributed by atoms with E-state index in [1.165, 1.54) is 7.11 Å². The highest BCUT2D eigenvalue weighted by atomic mass is 16.5. The van der Waals surface area contributed by atoms with Crippen molar-refractivity contribution in [3.05, 3.63) is 29.8 Å². The molecule has 1 aromatic carbocycles. The number of anilines is 1. The van der Waals surface area contributed by atoms with Gasteiger partial charge in [0.1, 0.15) is 0 Å². The summed E-state index contributed by atoms with van der Waals surface area (Å²) < 4.78 is 4.74. The summed E-state index contributed by atoms with van der Waals surface area (Å²) in [5.41, 5.74) is 1.59. The Morgan fingerprint density at radius 1 is 1.32 bits per heavy atom. The molecule has 0 aromatic heterocycles. The van der Waals surface area contributed by atoms with Crippen molar-refractivity contribution < 1.29 is 14.6 Å². The predicted molar refractivity (Wildman–Crippen MR) is 74.4 cm³/mol. The Hall–Kier alpha value is -1.55. The average Bonchev–Trinajstić information content (AvgIpc) is 2.46. The fourth-order valence-electron chi connectivity index (χ4n) is 2.63. The van der Waals surface area contributed by atoms with Crippen molar-refractivity contribution in [1.29, 1.82) is 0 Å². The number of benzene rings is 1. The molecule has 19 heavy (non-hydrogen) atoms. The van der Waals surface area contributed by atoms with Crippen molar-refractivity contribution in [3.8, 4) is 0 Å². The maximum atomic E-state index is 11.5. The summed E-state index contributed by atoms with van der Waals surface area (Å²) in [5, 5.41) is 9.55. The topological polar surface area (TPSA) is 49.8 Å². The second kappa shape index (κ2) is 6.06. The van der Waals surface area contributed by atoms with Crippen LogP contribution in [-0.4, -0.2) is 37.4 Å². The molecule has 104 valence electrons. The smallest absolute Gasteiger partial charge is 0.337 e. The SMILES string of the molecule is COC(=O)c1cccc(N(C)C2CCC(O)CC2)c1. The maximum Gasteiger partial charge on any atom is 0.337 e. The third-order valence-corrected chi connectivity index (χ3v) is 3.89. The first-order valence-corrected chi connectivity index (χ1v) is 6.71. The van der Waals surface area contributed by atoms with Gasteiger partial charge in [0.25, 0.3) is 0 Å². The highest BCUT2D eigenvalue weighted by Crippen LogP contribution is 2.26. The fourth-order valence-corrected chi connectivity index (χ4v) is 2.63. The number of hydrogen-bond acceptors (Lipinski definition) is 4. The minimum absolute atomic E-state index is 0.147. The summed E-state index contributed by atoms with van der Waals surface area (Å²) in [6.07, 6.45) is 3.53. The zero-order valence-electron chi connectivity index (χ0n) is 11.5. The Labute approximate surface area is 114 Å². The van der Waals surface area contributed by atoms with Crippen molar-refractivity contribution in [1.82, 2.24) is 0 Å². The monoisotopic (exact) mass is 263 g/mol. The zero-order chi connectivity index (χ0) is 13.8. The molecule has 0 heterocycles. The number of esters is 1. The minimum Gasteiger partial charge on any atom is -0.465 e. The van der Waals surface area contributed by atoms with Crippen LogP contribution < -0.4 is 4.90 Å². The van der Waals surface area contributed by atoms with Crippen LogP contribution in [0.5, 0.6) is 0 Å². The van der Waals surface area contributed by atoms with Crippen molar-refractivity contribution in [3.63, 3.8) is 0 Å². The molecule has 0 radical (unpaired) electrons. The van der Waals surface area contributed by atoms with Crippen molar-refractivity contribution >= 4 is 11.7 Å². The Kier molecular flexibility index (Phi) is 4.43. The number of aliphatic hydroxyl groups excluding tert-OH is 1. The lowest BCUT2D eigenvalue weighted by Crippen LogP contribution is -2.36. The molecule has 4 nitrogen and oxygen atoms in total. The molecule has 1 aliphatic rings. The Bertz CT molecular complexity index is 439. The molecular weight excluding hydrogens is 242 g/mol. The van der Waals surface area contributed by atoms with E-state index in [1.54, 1.807) is 6.07 Å². The Morgan fingerprint density at radius 2 is 2.00 bits per heavy atom. The molecule has 1 fully saturated rings. The number of hydrogen-bond donors (Lipinski definition) is 1. The van der Waals surface area contributed by atoms with E-state index in [0.29, 0.717) is 11.6 Å². The van der Waals surface area contributed by atoms with E-state index in [-0.39, 0.29) is 12.1 Å². The molecule has 0 aliphatic heterocycles. The van der Waals surface area contributed by atoms with E-state index < -0.39 is 0 Å². The van der Waals surface area contributed by atoms with Crippen LogP contribution in [0.2, 0.25) is 0 Å². The zero-order valence-corrected chi connectivity index (χ0v) is 11.5. The quantitative estimate of drug-likeness (QED) is 0.849. The van der Waals surface area contributed by atoms with Gasteiger partial charge in [0, 0.05) is 18.8 Å². The average molecular weight is 263 g/mol. The van der Waals surface area contributed by atoms with Crippen LogP contribution in [0.4, 0.5) is 5.69 Å². The fraction of sp³-hybridized carbons (Fsp3) is 0.533. The lowest BCUT2D eigenvalue weighted by Gasteiger charge is -2.34. The molecule has 1 aromatic rings. The highest BCUT2D eigenvalue weighted by Gasteiger charge is 2.23. The number of rotatable bonds is 3. The van der Waals surface area contributed by atoms with Gasteiger partial charge in [0.2, 0.25) is 0 Å². The number of ether oxygens (including phenoxy) is 1. The number of carbonyl (C=O) groups excluding carboxylic acids is 1. The molecule has 0 bridgehead atoms. The van der Waals surface area contributed by atoms with Crippen LogP contribution in [0.25, 0.3) is 0 Å². The first-order chi connectivity index (χ1) is 9.11. The van der Waals surface area contributed by atoms with Gasteiger partial charge in [-0.1, -0.05) is 6.07 Å². The molecule has 0 amide bonds. The number of methoxy groups -OCH3 is 1. The van der Waals surface area contributed by atoms with Crippen LogP contribution in [0.1, 0.15) is 36.0 Å². The molecular formula is C15H21NO3. The van der Waals surface area contributed by atoms with E-state index in [1.807, 2.05) is 25.2 Å². The minimum atomic E-state index is -0.311. The summed E-state index contributed by atoms with van der Waals surface area (Å²) in [5.74, 6) is -0.311. The third kappa shape index (κ3) is 3.26. The van der Waals surface area contributed by atoms with E-state index in [9.17, 15) is 9.90 Å². The first kappa shape index (κ1) is 13.9. The van der Waals surface area contributed by atoms with Gasteiger partial charge in [-0.2, -0.15) is 0 Å². The van der Waals surface area contributed by atoms with Crippen LogP contribution >= 0.6 is 0 Å². The van der Waals surface area contributed by atoms with Gasteiger partial charge in [-0.05, 0) is 43.9 Å².